The fourth-order valence-corrected chi connectivity index (χ4v) is 2.62. The normalized spacial score (nSPS) is 16.7. The molecule has 1 aliphatic rings. The van der Waals surface area contributed by atoms with Crippen molar-refractivity contribution in [3.05, 3.63) is 22.3 Å². The van der Waals surface area contributed by atoms with Gasteiger partial charge in [0.15, 0.2) is 0 Å². The summed E-state index contributed by atoms with van der Waals surface area (Å²) in [5, 5.41) is 1.78. The van der Waals surface area contributed by atoms with E-state index in [1.54, 1.807) is 17.4 Å². The first-order valence-electron chi connectivity index (χ1n) is 4.26. The Bertz CT molecular complexity index is 462. The van der Waals surface area contributed by atoms with Gasteiger partial charge in [-0.15, -0.1) is 0 Å². The Balaban J connectivity index is 2.20. The van der Waals surface area contributed by atoms with Gasteiger partial charge in [-0.2, -0.15) is 0 Å². The molecule has 2 aromatic heterocycles. The van der Waals surface area contributed by atoms with Crippen LogP contribution in [0.5, 0.6) is 0 Å². The standard InChI is InChI=1S/C9H7ClN2S/c10-7-4-3-6-9(12-7)13-8(11-6)5-1-2-5/h3-5H,1-2H2. The molecule has 1 aliphatic carbocycles. The van der Waals surface area contributed by atoms with Crippen LogP contribution in [-0.2, 0) is 0 Å². The quantitative estimate of drug-likeness (QED) is 0.676. The molecule has 66 valence electrons. The smallest absolute Gasteiger partial charge is 0.145 e. The average molecular weight is 211 g/mol. The maximum atomic E-state index is 5.79. The van der Waals surface area contributed by atoms with Crippen LogP contribution in [0.1, 0.15) is 23.8 Å². The van der Waals surface area contributed by atoms with E-state index in [0.717, 1.165) is 10.3 Å². The zero-order chi connectivity index (χ0) is 8.84. The van der Waals surface area contributed by atoms with E-state index in [2.05, 4.69) is 9.97 Å². The fraction of sp³-hybridized carbons (Fsp3) is 0.333. The molecule has 0 N–H and O–H groups in total. The molecule has 0 aliphatic heterocycles. The third-order valence-corrected chi connectivity index (χ3v) is 3.50. The van der Waals surface area contributed by atoms with E-state index < -0.39 is 0 Å². The highest BCUT2D eigenvalue weighted by molar-refractivity contribution is 7.18. The minimum atomic E-state index is 0.554. The van der Waals surface area contributed by atoms with E-state index in [1.165, 1.54) is 17.8 Å². The van der Waals surface area contributed by atoms with Crippen molar-refractivity contribution < 1.29 is 0 Å². The Morgan fingerprint density at radius 2 is 2.15 bits per heavy atom. The molecule has 3 rings (SSSR count). The number of thiazole rings is 1. The average Bonchev–Trinajstić information content (AvgIpc) is 2.87. The highest BCUT2D eigenvalue weighted by atomic mass is 35.5. The van der Waals surface area contributed by atoms with Crippen LogP contribution in [0.2, 0.25) is 5.15 Å². The van der Waals surface area contributed by atoms with Gasteiger partial charge in [0.2, 0.25) is 0 Å². The van der Waals surface area contributed by atoms with Crippen LogP contribution in [0.4, 0.5) is 0 Å². The van der Waals surface area contributed by atoms with Gasteiger partial charge >= 0.3 is 0 Å². The largest absolute Gasteiger partial charge is 0.239 e. The maximum Gasteiger partial charge on any atom is 0.145 e. The lowest BCUT2D eigenvalue weighted by atomic mass is 10.4. The van der Waals surface area contributed by atoms with E-state index in [0.29, 0.717) is 11.1 Å². The number of aromatic nitrogens is 2. The summed E-state index contributed by atoms with van der Waals surface area (Å²) in [7, 11) is 0. The summed E-state index contributed by atoms with van der Waals surface area (Å²) in [6, 6.07) is 3.73. The lowest BCUT2D eigenvalue weighted by Crippen LogP contribution is -1.75. The Morgan fingerprint density at radius 1 is 1.31 bits per heavy atom. The lowest BCUT2D eigenvalue weighted by molar-refractivity contribution is 1.10. The summed E-state index contributed by atoms with van der Waals surface area (Å²) < 4.78 is 0. The minimum absolute atomic E-state index is 0.554. The van der Waals surface area contributed by atoms with Gasteiger partial charge in [-0.3, -0.25) is 0 Å². The molecule has 0 aromatic carbocycles. The van der Waals surface area contributed by atoms with Gasteiger partial charge in [0.1, 0.15) is 15.5 Å². The molecule has 0 saturated heterocycles. The Labute approximate surface area is 84.6 Å². The third-order valence-electron chi connectivity index (χ3n) is 2.16. The van der Waals surface area contributed by atoms with E-state index in [4.69, 9.17) is 11.6 Å². The summed E-state index contributed by atoms with van der Waals surface area (Å²) in [6.07, 6.45) is 2.57. The molecule has 2 nitrogen and oxygen atoms in total. The van der Waals surface area contributed by atoms with Crippen molar-refractivity contribution in [2.24, 2.45) is 0 Å². The first-order chi connectivity index (χ1) is 6.33. The second-order valence-corrected chi connectivity index (χ2v) is 4.68. The van der Waals surface area contributed by atoms with Crippen molar-refractivity contribution in [3.8, 4) is 0 Å². The fourth-order valence-electron chi connectivity index (χ4n) is 1.32. The van der Waals surface area contributed by atoms with Crippen molar-refractivity contribution >= 4 is 33.3 Å². The van der Waals surface area contributed by atoms with Gasteiger partial charge < -0.3 is 0 Å². The van der Waals surface area contributed by atoms with Gasteiger partial charge in [-0.25, -0.2) is 9.97 Å². The number of pyridine rings is 1. The van der Waals surface area contributed by atoms with Gasteiger partial charge in [0, 0.05) is 5.92 Å². The summed E-state index contributed by atoms with van der Waals surface area (Å²) in [5.41, 5.74) is 0.983. The van der Waals surface area contributed by atoms with Crippen LogP contribution in [-0.4, -0.2) is 9.97 Å². The van der Waals surface area contributed by atoms with E-state index in [9.17, 15) is 0 Å². The molecule has 0 amide bonds. The molecular formula is C9H7ClN2S. The number of nitrogens with zero attached hydrogens (tertiary/aromatic N) is 2. The topological polar surface area (TPSA) is 25.8 Å². The van der Waals surface area contributed by atoms with Crippen molar-refractivity contribution in [1.29, 1.82) is 0 Å². The molecule has 0 radical (unpaired) electrons. The molecule has 0 spiro atoms. The summed E-state index contributed by atoms with van der Waals surface area (Å²) in [5.74, 6) is 0.706. The second-order valence-electron chi connectivity index (χ2n) is 3.28. The molecule has 0 unspecified atom stereocenters. The molecule has 4 heteroatoms. The third kappa shape index (κ3) is 1.32. The molecule has 2 aromatic rings. The summed E-state index contributed by atoms with van der Waals surface area (Å²) in [6.45, 7) is 0. The Hall–Kier alpha value is -0.670. The molecule has 0 bridgehead atoms. The monoisotopic (exact) mass is 210 g/mol. The predicted molar refractivity (Wildman–Crippen MR) is 54.4 cm³/mol. The van der Waals surface area contributed by atoms with E-state index >= 15 is 0 Å². The van der Waals surface area contributed by atoms with Crippen LogP contribution in [0, 0.1) is 0 Å². The first kappa shape index (κ1) is 7.71. The molecule has 13 heavy (non-hydrogen) atoms. The highest BCUT2D eigenvalue weighted by Crippen LogP contribution is 2.42. The minimum Gasteiger partial charge on any atom is -0.239 e. The summed E-state index contributed by atoms with van der Waals surface area (Å²) in [4.78, 5) is 9.71. The first-order valence-corrected chi connectivity index (χ1v) is 5.45. The van der Waals surface area contributed by atoms with E-state index in [-0.39, 0.29) is 0 Å². The molecule has 1 fully saturated rings. The van der Waals surface area contributed by atoms with Crippen molar-refractivity contribution in [1.82, 2.24) is 9.97 Å². The summed E-state index contributed by atoms with van der Waals surface area (Å²) >= 11 is 7.47. The van der Waals surface area contributed by atoms with Crippen LogP contribution >= 0.6 is 22.9 Å². The van der Waals surface area contributed by atoms with Crippen molar-refractivity contribution in [3.63, 3.8) is 0 Å². The van der Waals surface area contributed by atoms with Crippen LogP contribution in [0.15, 0.2) is 12.1 Å². The number of hydrogen-bond acceptors (Lipinski definition) is 3. The van der Waals surface area contributed by atoms with Gasteiger partial charge in [-0.05, 0) is 25.0 Å². The van der Waals surface area contributed by atoms with Gasteiger partial charge in [0.05, 0.1) is 5.01 Å². The number of fused-ring (bicyclic) bond motifs is 1. The van der Waals surface area contributed by atoms with Crippen LogP contribution in [0.3, 0.4) is 0 Å². The number of halogens is 1. The number of hydrogen-bond donors (Lipinski definition) is 0. The number of rotatable bonds is 1. The lowest BCUT2D eigenvalue weighted by Gasteiger charge is -1.85. The highest BCUT2D eigenvalue weighted by Gasteiger charge is 2.27. The zero-order valence-electron chi connectivity index (χ0n) is 6.83. The van der Waals surface area contributed by atoms with Crippen molar-refractivity contribution in [2.45, 2.75) is 18.8 Å². The van der Waals surface area contributed by atoms with Crippen LogP contribution < -0.4 is 0 Å². The van der Waals surface area contributed by atoms with Gasteiger partial charge in [0.25, 0.3) is 0 Å². The van der Waals surface area contributed by atoms with E-state index in [1.807, 2.05) is 6.07 Å². The van der Waals surface area contributed by atoms with Crippen LogP contribution in [0.25, 0.3) is 10.3 Å². The van der Waals surface area contributed by atoms with Gasteiger partial charge in [-0.1, -0.05) is 22.9 Å². The van der Waals surface area contributed by atoms with Crippen molar-refractivity contribution in [2.75, 3.05) is 0 Å². The molecule has 2 heterocycles. The zero-order valence-corrected chi connectivity index (χ0v) is 8.40. The molecule has 0 atom stereocenters. The second kappa shape index (κ2) is 2.66. The predicted octanol–water partition coefficient (Wildman–Crippen LogP) is 3.22. The molecule has 1 saturated carbocycles. The Morgan fingerprint density at radius 3 is 2.92 bits per heavy atom. The SMILES string of the molecule is Clc1ccc2nc(C3CC3)sc2n1. The Kier molecular flexibility index (Phi) is 1.58. The maximum absolute atomic E-state index is 5.79. The molecular weight excluding hydrogens is 204 g/mol.